The van der Waals surface area contributed by atoms with Gasteiger partial charge in [-0.3, -0.25) is 4.99 Å². The van der Waals surface area contributed by atoms with Crippen LogP contribution in [0.2, 0.25) is 0 Å². The van der Waals surface area contributed by atoms with Gasteiger partial charge in [0.1, 0.15) is 17.0 Å². The quantitative estimate of drug-likeness (QED) is 0.130. The van der Waals surface area contributed by atoms with Crippen LogP contribution in [0, 0.1) is 0 Å². The number of amidine groups is 2. The van der Waals surface area contributed by atoms with Gasteiger partial charge in [0.05, 0.1) is 6.04 Å². The largest absolute Gasteiger partial charge is 0.455 e. The first-order valence-corrected chi connectivity index (χ1v) is 19.7. The second-order valence-corrected chi connectivity index (χ2v) is 14.8. The number of aliphatic imine (C=N–C) groups is 2. The van der Waals surface area contributed by atoms with Crippen LogP contribution in [-0.4, -0.2) is 11.7 Å². The topological polar surface area (TPSA) is 63.9 Å². The van der Waals surface area contributed by atoms with Crippen LogP contribution in [0.25, 0.3) is 76.9 Å². The minimum absolute atomic E-state index is 0.153. The maximum atomic E-state index is 6.85. The Hall–Kier alpha value is -7.56. The molecule has 2 N–H and O–H groups in total. The Kier molecular flexibility index (Phi) is 8.92. The number of fused-ring (bicyclic) bond motifs is 6. The molecule has 4 heteroatoms. The van der Waals surface area contributed by atoms with E-state index in [1.54, 1.807) is 0 Å². The van der Waals surface area contributed by atoms with Crippen LogP contribution in [-0.2, 0) is 0 Å². The summed E-state index contributed by atoms with van der Waals surface area (Å²) in [6, 6.07) is 69.6. The zero-order valence-corrected chi connectivity index (χ0v) is 32.0. The number of rotatable bonds is 7. The number of nitrogens with two attached hydrogens (primary N) is 1. The lowest BCUT2D eigenvalue weighted by Crippen LogP contribution is -2.16. The van der Waals surface area contributed by atoms with Crippen molar-refractivity contribution in [3.8, 4) is 33.4 Å². The van der Waals surface area contributed by atoms with Crippen molar-refractivity contribution in [3.63, 3.8) is 0 Å². The summed E-state index contributed by atoms with van der Waals surface area (Å²) < 4.78 is 6.55. The molecule has 1 atom stereocenters. The fourth-order valence-electron chi connectivity index (χ4n) is 8.01. The molecule has 0 fully saturated rings. The number of nitrogens with zero attached hydrogens (tertiary/aromatic N) is 2. The van der Waals surface area contributed by atoms with E-state index in [2.05, 4.69) is 165 Å². The van der Waals surface area contributed by atoms with Crippen LogP contribution >= 0.6 is 0 Å². The lowest BCUT2D eigenvalue weighted by atomic mass is 9.94. The molecule has 0 saturated carbocycles. The van der Waals surface area contributed by atoms with Crippen molar-refractivity contribution < 1.29 is 4.42 Å². The van der Waals surface area contributed by atoms with Gasteiger partial charge in [-0.25, -0.2) is 4.99 Å². The van der Waals surface area contributed by atoms with E-state index in [4.69, 9.17) is 20.1 Å². The highest BCUT2D eigenvalue weighted by Gasteiger charge is 2.16. The van der Waals surface area contributed by atoms with Crippen molar-refractivity contribution in [2.45, 2.75) is 13.0 Å². The second-order valence-electron chi connectivity index (χ2n) is 14.8. The van der Waals surface area contributed by atoms with E-state index in [0.29, 0.717) is 11.7 Å². The molecular formula is C54H39N3O. The molecule has 0 aliphatic heterocycles. The molecule has 0 radical (unpaired) electrons. The van der Waals surface area contributed by atoms with Crippen LogP contribution in [0.5, 0.6) is 0 Å². The standard InChI is InChI=1S/C54H39N3O/c1-35(36-23-25-38(26-24-36)43-28-27-37-13-8-9-18-41(37)31-43)56-54(40-16-6-3-7-17-40)57-53(55)45-20-12-19-42(32-45)44-29-30-51-49(33-44)50-34-48(39-14-4-2-5-15-39)46-21-10-11-22-47(46)52(50)58-51/h2-35H,1H3,(H2,55,56,57). The lowest BCUT2D eigenvalue weighted by Gasteiger charge is -2.12. The van der Waals surface area contributed by atoms with Gasteiger partial charge >= 0.3 is 0 Å². The van der Waals surface area contributed by atoms with Crippen molar-refractivity contribution in [2.24, 2.45) is 15.7 Å². The van der Waals surface area contributed by atoms with Gasteiger partial charge in [0.25, 0.3) is 0 Å². The zero-order valence-electron chi connectivity index (χ0n) is 32.0. The summed E-state index contributed by atoms with van der Waals surface area (Å²) in [6.45, 7) is 2.10. The molecule has 0 amide bonds. The van der Waals surface area contributed by atoms with E-state index in [0.717, 1.165) is 55.1 Å². The van der Waals surface area contributed by atoms with E-state index in [1.807, 2.05) is 42.5 Å². The maximum absolute atomic E-state index is 6.85. The molecule has 10 rings (SSSR count). The summed E-state index contributed by atoms with van der Waals surface area (Å²) in [5, 5.41) is 6.90. The molecule has 0 aliphatic rings. The average Bonchev–Trinajstić information content (AvgIpc) is 3.67. The number of hydrogen-bond acceptors (Lipinski definition) is 2. The minimum atomic E-state index is -0.153. The molecule has 0 aliphatic carbocycles. The Morgan fingerprint density at radius 3 is 1.90 bits per heavy atom. The first-order chi connectivity index (χ1) is 28.6. The van der Waals surface area contributed by atoms with E-state index >= 15 is 0 Å². The molecule has 0 saturated heterocycles. The predicted octanol–water partition coefficient (Wildman–Crippen LogP) is 13.8. The Labute approximate surface area is 337 Å². The number of furan rings is 1. The highest BCUT2D eigenvalue weighted by atomic mass is 16.3. The molecule has 10 aromatic rings. The second kappa shape index (κ2) is 14.8. The summed E-state index contributed by atoms with van der Waals surface area (Å²) >= 11 is 0. The van der Waals surface area contributed by atoms with Crippen molar-refractivity contribution in [3.05, 3.63) is 217 Å². The third kappa shape index (κ3) is 6.61. The number of benzene rings is 9. The van der Waals surface area contributed by atoms with Gasteiger partial charge in [-0.15, -0.1) is 0 Å². The SMILES string of the molecule is CC(/N=C(\N=C(/N)c1cccc(-c2ccc3oc4c5ccccc5c(-c5ccccc5)cc4c3c2)c1)c1ccccc1)c1ccc(-c2ccc3ccccc3c2)cc1. The summed E-state index contributed by atoms with van der Waals surface area (Å²) in [4.78, 5) is 10.1. The summed E-state index contributed by atoms with van der Waals surface area (Å²) in [7, 11) is 0. The molecule has 0 spiro atoms. The molecule has 1 unspecified atom stereocenters. The van der Waals surface area contributed by atoms with Crippen molar-refractivity contribution in [1.29, 1.82) is 0 Å². The monoisotopic (exact) mass is 745 g/mol. The molecule has 0 bridgehead atoms. The van der Waals surface area contributed by atoms with Gasteiger partial charge in [-0.2, -0.15) is 0 Å². The van der Waals surface area contributed by atoms with Crippen LogP contribution < -0.4 is 5.73 Å². The minimum Gasteiger partial charge on any atom is -0.455 e. The molecule has 1 heterocycles. The zero-order chi connectivity index (χ0) is 39.0. The van der Waals surface area contributed by atoms with Crippen LogP contribution in [0.4, 0.5) is 0 Å². The van der Waals surface area contributed by atoms with Crippen LogP contribution in [0.3, 0.4) is 0 Å². The highest BCUT2D eigenvalue weighted by molar-refractivity contribution is 6.19. The van der Waals surface area contributed by atoms with E-state index in [-0.39, 0.29) is 6.04 Å². The van der Waals surface area contributed by atoms with Crippen molar-refractivity contribution in [2.75, 3.05) is 0 Å². The lowest BCUT2D eigenvalue weighted by molar-refractivity contribution is 0.673. The van der Waals surface area contributed by atoms with Gasteiger partial charge in [0.15, 0.2) is 5.84 Å². The van der Waals surface area contributed by atoms with Gasteiger partial charge in [-0.1, -0.05) is 170 Å². The molecule has 1 aromatic heterocycles. The first-order valence-electron chi connectivity index (χ1n) is 19.7. The van der Waals surface area contributed by atoms with E-state index in [9.17, 15) is 0 Å². The first kappa shape index (κ1) is 34.9. The molecule has 276 valence electrons. The predicted molar refractivity (Wildman–Crippen MR) is 244 cm³/mol. The van der Waals surface area contributed by atoms with Crippen molar-refractivity contribution >= 4 is 55.2 Å². The van der Waals surface area contributed by atoms with Gasteiger partial charge in [0.2, 0.25) is 0 Å². The van der Waals surface area contributed by atoms with Gasteiger partial charge in [0, 0.05) is 27.3 Å². The molecule has 4 nitrogen and oxygen atoms in total. The van der Waals surface area contributed by atoms with E-state index < -0.39 is 0 Å². The van der Waals surface area contributed by atoms with Crippen LogP contribution in [0.15, 0.2) is 215 Å². The smallest absolute Gasteiger partial charge is 0.157 e. The van der Waals surface area contributed by atoms with Crippen molar-refractivity contribution in [1.82, 2.24) is 0 Å². The number of hydrogen-bond donors (Lipinski definition) is 1. The fraction of sp³-hybridized carbons (Fsp3) is 0.0370. The Morgan fingerprint density at radius 2 is 1.09 bits per heavy atom. The van der Waals surface area contributed by atoms with Gasteiger partial charge < -0.3 is 10.2 Å². The van der Waals surface area contributed by atoms with Gasteiger partial charge in [-0.05, 0) is 92.4 Å². The normalized spacial score (nSPS) is 12.8. The third-order valence-corrected chi connectivity index (χ3v) is 11.1. The summed E-state index contributed by atoms with van der Waals surface area (Å²) in [6.07, 6.45) is 0. The molecular weight excluding hydrogens is 707 g/mol. The summed E-state index contributed by atoms with van der Waals surface area (Å²) in [5.41, 5.74) is 18.2. The highest BCUT2D eigenvalue weighted by Crippen LogP contribution is 2.41. The Bertz CT molecular complexity index is 3180. The molecule has 58 heavy (non-hydrogen) atoms. The average molecular weight is 746 g/mol. The maximum Gasteiger partial charge on any atom is 0.157 e. The third-order valence-electron chi connectivity index (χ3n) is 11.1. The van der Waals surface area contributed by atoms with E-state index in [1.165, 1.54) is 38.4 Å². The Balaban J connectivity index is 0.983. The fourth-order valence-corrected chi connectivity index (χ4v) is 8.01. The summed E-state index contributed by atoms with van der Waals surface area (Å²) in [5.74, 6) is 0.986. The van der Waals surface area contributed by atoms with Crippen LogP contribution in [0.1, 0.15) is 29.7 Å². The Morgan fingerprint density at radius 1 is 0.466 bits per heavy atom. The molecule has 9 aromatic carbocycles.